The van der Waals surface area contributed by atoms with E-state index in [2.05, 4.69) is 21.5 Å². The third kappa shape index (κ3) is 5.54. The molecule has 2 atom stereocenters. The van der Waals surface area contributed by atoms with Crippen molar-refractivity contribution in [2.45, 2.75) is 24.9 Å². The third-order valence-electron chi connectivity index (χ3n) is 4.56. The molecule has 29 heavy (non-hydrogen) atoms. The Hall–Kier alpha value is -2.94. The molecule has 1 aliphatic heterocycles. The Kier molecular flexibility index (Phi) is 6.82. The number of anilines is 1. The lowest BCUT2D eigenvalue weighted by Gasteiger charge is -2.14. The summed E-state index contributed by atoms with van der Waals surface area (Å²) in [5, 5.41) is 6.04. The molecule has 3 amide bonds. The molecule has 2 aromatic carbocycles. The summed E-state index contributed by atoms with van der Waals surface area (Å²) in [6.45, 7) is 0.131. The Morgan fingerprint density at radius 2 is 1.90 bits per heavy atom. The van der Waals surface area contributed by atoms with Gasteiger partial charge in [0, 0.05) is 24.0 Å². The van der Waals surface area contributed by atoms with Gasteiger partial charge in [0.1, 0.15) is 6.04 Å². The van der Waals surface area contributed by atoms with Gasteiger partial charge in [0.05, 0.1) is 11.3 Å². The van der Waals surface area contributed by atoms with E-state index in [9.17, 15) is 14.4 Å². The largest absolute Gasteiger partial charge is 0.370 e. The number of primary amides is 1. The molecule has 1 heterocycles. The van der Waals surface area contributed by atoms with Gasteiger partial charge in [-0.1, -0.05) is 35.9 Å². The van der Waals surface area contributed by atoms with E-state index in [1.54, 1.807) is 30.3 Å². The van der Waals surface area contributed by atoms with Gasteiger partial charge >= 0.3 is 0 Å². The van der Waals surface area contributed by atoms with Gasteiger partial charge in [-0.15, -0.1) is 0 Å². The molecule has 1 saturated heterocycles. The fraction of sp³-hybridized carbons (Fsp3) is 0.250. The van der Waals surface area contributed by atoms with E-state index >= 15 is 0 Å². The van der Waals surface area contributed by atoms with Crippen molar-refractivity contribution in [3.8, 4) is 0 Å². The maximum atomic E-state index is 12.7. The minimum Gasteiger partial charge on any atom is -0.370 e. The van der Waals surface area contributed by atoms with Crippen molar-refractivity contribution in [1.29, 1.82) is 0 Å². The van der Waals surface area contributed by atoms with Gasteiger partial charge in [-0.05, 0) is 36.2 Å². The van der Waals surface area contributed by atoms with Gasteiger partial charge in [0.2, 0.25) is 11.8 Å². The first-order valence-electron chi connectivity index (χ1n) is 9.17. The lowest BCUT2D eigenvalue weighted by Crippen LogP contribution is -2.40. The van der Waals surface area contributed by atoms with Crippen molar-refractivity contribution >= 4 is 35.0 Å². The van der Waals surface area contributed by atoms with Crippen LogP contribution in [0.25, 0.3) is 0 Å². The molecular weight excluding hydrogens is 394 g/mol. The summed E-state index contributed by atoms with van der Waals surface area (Å²) in [7, 11) is 0. The van der Waals surface area contributed by atoms with E-state index in [4.69, 9.17) is 17.3 Å². The molecule has 3 rings (SSSR count). The van der Waals surface area contributed by atoms with Crippen LogP contribution in [0, 0.1) is 0 Å². The van der Waals surface area contributed by atoms with E-state index in [-0.39, 0.29) is 24.9 Å². The molecule has 152 valence electrons. The molecule has 8 nitrogen and oxygen atoms in total. The number of rotatable bonds is 7. The van der Waals surface area contributed by atoms with Crippen LogP contribution in [-0.4, -0.2) is 30.3 Å². The summed E-state index contributed by atoms with van der Waals surface area (Å²) in [6, 6.07) is 13.6. The molecule has 6 N–H and O–H groups in total. The van der Waals surface area contributed by atoms with Gasteiger partial charge in [-0.2, -0.15) is 0 Å². The minimum absolute atomic E-state index is 0.0445. The number of carbonyl (C=O) groups is 3. The van der Waals surface area contributed by atoms with Crippen LogP contribution in [0.4, 0.5) is 5.69 Å². The molecule has 0 radical (unpaired) electrons. The van der Waals surface area contributed by atoms with Crippen molar-refractivity contribution in [1.82, 2.24) is 16.2 Å². The van der Waals surface area contributed by atoms with Crippen LogP contribution in [0.15, 0.2) is 48.5 Å². The molecule has 9 heteroatoms. The molecule has 0 aromatic heterocycles. The minimum atomic E-state index is -0.499. The van der Waals surface area contributed by atoms with Gasteiger partial charge in [-0.3, -0.25) is 14.4 Å². The SMILES string of the molecule is NC(=O)CCNC(=O)c1ccccc1NC(=O)C1CC(c2cccc(Cl)c2)NN1. The summed E-state index contributed by atoms with van der Waals surface area (Å²) in [5.41, 5.74) is 12.8. The Morgan fingerprint density at radius 1 is 1.10 bits per heavy atom. The number of nitrogens with two attached hydrogens (primary N) is 1. The number of nitrogens with one attached hydrogen (secondary N) is 4. The summed E-state index contributed by atoms with van der Waals surface area (Å²) >= 11 is 6.04. The zero-order valence-corrected chi connectivity index (χ0v) is 16.3. The fourth-order valence-corrected chi connectivity index (χ4v) is 3.27. The van der Waals surface area contributed by atoms with Crippen LogP contribution in [0.2, 0.25) is 5.02 Å². The molecule has 0 aliphatic carbocycles. The quantitative estimate of drug-likeness (QED) is 0.468. The number of hydrazine groups is 1. The number of halogens is 1. The van der Waals surface area contributed by atoms with Crippen molar-refractivity contribution in [3.05, 3.63) is 64.7 Å². The highest BCUT2D eigenvalue weighted by atomic mass is 35.5. The van der Waals surface area contributed by atoms with Crippen molar-refractivity contribution in [3.63, 3.8) is 0 Å². The second-order valence-corrected chi connectivity index (χ2v) is 7.13. The molecule has 0 saturated carbocycles. The highest BCUT2D eigenvalue weighted by molar-refractivity contribution is 6.30. The van der Waals surface area contributed by atoms with Gasteiger partial charge < -0.3 is 16.4 Å². The van der Waals surface area contributed by atoms with Gasteiger partial charge in [0.25, 0.3) is 5.91 Å². The number of amides is 3. The lowest BCUT2D eigenvalue weighted by molar-refractivity contribution is -0.118. The zero-order chi connectivity index (χ0) is 20.8. The number of carbonyl (C=O) groups excluding carboxylic acids is 3. The average molecular weight is 416 g/mol. The maximum Gasteiger partial charge on any atom is 0.253 e. The number of hydrogen-bond donors (Lipinski definition) is 5. The van der Waals surface area contributed by atoms with Gasteiger partial charge in [-0.25, -0.2) is 10.9 Å². The van der Waals surface area contributed by atoms with Crippen LogP contribution < -0.4 is 27.2 Å². The first-order chi connectivity index (χ1) is 13.9. The van der Waals surface area contributed by atoms with Crippen molar-refractivity contribution in [2.75, 3.05) is 11.9 Å². The predicted molar refractivity (Wildman–Crippen MR) is 110 cm³/mol. The Morgan fingerprint density at radius 3 is 2.66 bits per heavy atom. The van der Waals surface area contributed by atoms with E-state index in [0.717, 1.165) is 5.56 Å². The second kappa shape index (κ2) is 9.51. The molecule has 1 aliphatic rings. The molecule has 0 bridgehead atoms. The van der Waals surface area contributed by atoms with E-state index in [0.29, 0.717) is 22.7 Å². The topological polar surface area (TPSA) is 125 Å². The first-order valence-corrected chi connectivity index (χ1v) is 9.55. The van der Waals surface area contributed by atoms with E-state index < -0.39 is 17.9 Å². The Bertz CT molecular complexity index is 920. The van der Waals surface area contributed by atoms with Crippen molar-refractivity contribution in [2.24, 2.45) is 5.73 Å². The number of benzene rings is 2. The first kappa shape index (κ1) is 20.8. The smallest absolute Gasteiger partial charge is 0.253 e. The number of para-hydroxylation sites is 1. The highest BCUT2D eigenvalue weighted by Gasteiger charge is 2.30. The summed E-state index contributed by atoms with van der Waals surface area (Å²) < 4.78 is 0. The molecule has 0 spiro atoms. The normalized spacial score (nSPS) is 18.2. The maximum absolute atomic E-state index is 12.7. The standard InChI is InChI=1S/C20H22ClN5O3/c21-13-5-3-4-12(10-13)16-11-17(26-25-16)20(29)24-15-7-2-1-6-14(15)19(28)23-9-8-18(22)27/h1-7,10,16-17,25-26H,8-9,11H2,(H2,22,27)(H,23,28)(H,24,29). The number of hydrogen-bond acceptors (Lipinski definition) is 5. The summed E-state index contributed by atoms with van der Waals surface area (Å²) in [4.78, 5) is 35.9. The second-order valence-electron chi connectivity index (χ2n) is 6.69. The van der Waals surface area contributed by atoms with Crippen molar-refractivity contribution < 1.29 is 14.4 Å². The van der Waals surface area contributed by atoms with Gasteiger partial charge in [0.15, 0.2) is 0 Å². The van der Waals surface area contributed by atoms with E-state index in [1.807, 2.05) is 18.2 Å². The van der Waals surface area contributed by atoms with Crippen LogP contribution >= 0.6 is 11.6 Å². The molecular formula is C20H22ClN5O3. The molecule has 2 aromatic rings. The molecule has 1 fully saturated rings. The van der Waals surface area contributed by atoms with Crippen LogP contribution in [0.5, 0.6) is 0 Å². The van der Waals surface area contributed by atoms with Crippen LogP contribution in [-0.2, 0) is 9.59 Å². The zero-order valence-electron chi connectivity index (χ0n) is 15.6. The Balaban J connectivity index is 1.62. The summed E-state index contributed by atoms with van der Waals surface area (Å²) in [6.07, 6.45) is 0.571. The Labute approximate surface area is 173 Å². The molecule has 2 unspecified atom stereocenters. The van der Waals surface area contributed by atoms with Crippen LogP contribution in [0.1, 0.15) is 34.8 Å². The average Bonchev–Trinajstić information content (AvgIpc) is 3.18. The summed E-state index contributed by atoms with van der Waals surface area (Å²) in [5.74, 6) is -1.16. The monoisotopic (exact) mass is 415 g/mol. The fourth-order valence-electron chi connectivity index (χ4n) is 3.07. The highest BCUT2D eigenvalue weighted by Crippen LogP contribution is 2.25. The third-order valence-corrected chi connectivity index (χ3v) is 4.79. The van der Waals surface area contributed by atoms with E-state index in [1.165, 1.54) is 0 Å². The van der Waals surface area contributed by atoms with Crippen LogP contribution in [0.3, 0.4) is 0 Å². The lowest BCUT2D eigenvalue weighted by atomic mass is 10.0. The predicted octanol–water partition coefficient (Wildman–Crippen LogP) is 1.49.